The molecule has 0 bridgehead atoms. The number of nitrogens with one attached hydrogen (secondary N) is 2. The van der Waals surface area contributed by atoms with Crippen LogP contribution in [0.4, 0.5) is 5.69 Å². The molecule has 0 spiro atoms. The quantitative estimate of drug-likeness (QED) is 0.529. The highest BCUT2D eigenvalue weighted by molar-refractivity contribution is 7.89. The standard InChI is InChI=1S/C22H25ClN2O6S/c1-2-30-22(27)15-7-9-16(10-8-15)24-21(26)14-31-20-12-11-18(13-19(20)23)32(28,29)25-17-5-3-4-6-17/h7-13,17,25H,2-6,14H2,1H3,(H,24,26). The number of hydrogen-bond acceptors (Lipinski definition) is 6. The number of carbonyl (C=O) groups excluding carboxylic acids is 2. The van der Waals surface area contributed by atoms with Gasteiger partial charge in [-0.05, 0) is 62.2 Å². The molecule has 0 aliphatic heterocycles. The minimum atomic E-state index is -3.67. The van der Waals surface area contributed by atoms with Crippen LogP contribution in [0.3, 0.4) is 0 Å². The molecule has 1 amide bonds. The van der Waals surface area contributed by atoms with E-state index in [9.17, 15) is 18.0 Å². The molecule has 172 valence electrons. The van der Waals surface area contributed by atoms with E-state index in [1.807, 2.05) is 0 Å². The van der Waals surface area contributed by atoms with Crippen LogP contribution in [0.5, 0.6) is 5.75 Å². The molecule has 1 aliphatic rings. The summed E-state index contributed by atoms with van der Waals surface area (Å²) in [6, 6.07) is 10.3. The van der Waals surface area contributed by atoms with Crippen molar-refractivity contribution in [1.82, 2.24) is 4.72 Å². The first-order valence-corrected chi connectivity index (χ1v) is 12.2. The molecule has 0 radical (unpaired) electrons. The summed E-state index contributed by atoms with van der Waals surface area (Å²) >= 11 is 6.18. The minimum Gasteiger partial charge on any atom is -0.482 e. The first-order chi connectivity index (χ1) is 15.3. The molecule has 2 aromatic rings. The monoisotopic (exact) mass is 480 g/mol. The summed E-state index contributed by atoms with van der Waals surface area (Å²) in [7, 11) is -3.67. The first kappa shape index (κ1) is 24.0. The van der Waals surface area contributed by atoms with Crippen molar-refractivity contribution in [2.24, 2.45) is 0 Å². The average Bonchev–Trinajstić information content (AvgIpc) is 3.26. The molecular formula is C22H25ClN2O6S. The Morgan fingerprint density at radius 2 is 1.78 bits per heavy atom. The predicted molar refractivity (Wildman–Crippen MR) is 121 cm³/mol. The molecule has 0 saturated heterocycles. The first-order valence-electron chi connectivity index (χ1n) is 10.3. The van der Waals surface area contributed by atoms with E-state index in [4.69, 9.17) is 21.1 Å². The lowest BCUT2D eigenvalue weighted by atomic mass is 10.2. The zero-order valence-electron chi connectivity index (χ0n) is 17.6. The van der Waals surface area contributed by atoms with Crippen molar-refractivity contribution < 1.29 is 27.5 Å². The van der Waals surface area contributed by atoms with E-state index in [0.717, 1.165) is 25.7 Å². The number of carbonyl (C=O) groups is 2. The van der Waals surface area contributed by atoms with E-state index >= 15 is 0 Å². The Morgan fingerprint density at radius 3 is 2.41 bits per heavy atom. The fourth-order valence-electron chi connectivity index (χ4n) is 3.34. The predicted octanol–water partition coefficient (Wildman–Crippen LogP) is 3.76. The number of hydrogen-bond donors (Lipinski definition) is 2. The highest BCUT2D eigenvalue weighted by Crippen LogP contribution is 2.28. The van der Waals surface area contributed by atoms with Crippen molar-refractivity contribution >= 4 is 39.2 Å². The molecule has 10 heteroatoms. The molecule has 32 heavy (non-hydrogen) atoms. The maximum Gasteiger partial charge on any atom is 0.338 e. The number of esters is 1. The molecule has 0 heterocycles. The highest BCUT2D eigenvalue weighted by atomic mass is 35.5. The molecule has 8 nitrogen and oxygen atoms in total. The number of halogens is 1. The van der Waals surface area contributed by atoms with Crippen LogP contribution in [0, 0.1) is 0 Å². The molecular weight excluding hydrogens is 456 g/mol. The number of rotatable bonds is 9. The van der Waals surface area contributed by atoms with Gasteiger partial charge < -0.3 is 14.8 Å². The topological polar surface area (TPSA) is 111 Å². The van der Waals surface area contributed by atoms with Crippen molar-refractivity contribution in [2.75, 3.05) is 18.5 Å². The molecule has 0 atom stereocenters. The minimum absolute atomic E-state index is 0.0490. The molecule has 2 N–H and O–H groups in total. The normalized spacial score (nSPS) is 14.2. The fourth-order valence-corrected chi connectivity index (χ4v) is 4.97. The van der Waals surface area contributed by atoms with Crippen LogP contribution in [-0.2, 0) is 19.6 Å². The van der Waals surface area contributed by atoms with E-state index in [0.29, 0.717) is 11.3 Å². The third-order valence-electron chi connectivity index (χ3n) is 4.93. The van der Waals surface area contributed by atoms with E-state index in [1.54, 1.807) is 31.2 Å². The maximum absolute atomic E-state index is 12.5. The zero-order chi connectivity index (χ0) is 23.1. The van der Waals surface area contributed by atoms with Gasteiger partial charge in [-0.2, -0.15) is 0 Å². The van der Waals surface area contributed by atoms with Crippen molar-refractivity contribution in [3.05, 3.63) is 53.1 Å². The maximum atomic E-state index is 12.5. The van der Waals surface area contributed by atoms with Crippen LogP contribution < -0.4 is 14.8 Å². The second-order valence-corrected chi connectivity index (χ2v) is 9.45. The van der Waals surface area contributed by atoms with Gasteiger partial charge in [-0.15, -0.1) is 0 Å². The lowest BCUT2D eigenvalue weighted by molar-refractivity contribution is -0.118. The number of amides is 1. The number of benzene rings is 2. The lowest BCUT2D eigenvalue weighted by Gasteiger charge is -2.14. The molecule has 0 unspecified atom stereocenters. The summed E-state index contributed by atoms with van der Waals surface area (Å²) in [4.78, 5) is 23.9. The van der Waals surface area contributed by atoms with E-state index in [2.05, 4.69) is 10.0 Å². The van der Waals surface area contributed by atoms with Crippen LogP contribution >= 0.6 is 11.6 Å². The van der Waals surface area contributed by atoms with Gasteiger partial charge in [0.2, 0.25) is 10.0 Å². The summed E-state index contributed by atoms with van der Waals surface area (Å²) in [6.07, 6.45) is 3.68. The van der Waals surface area contributed by atoms with Gasteiger partial charge >= 0.3 is 5.97 Å². The van der Waals surface area contributed by atoms with Crippen LogP contribution in [-0.4, -0.2) is 39.5 Å². The van der Waals surface area contributed by atoms with E-state index < -0.39 is 21.9 Å². The number of anilines is 1. The van der Waals surface area contributed by atoms with Crippen molar-refractivity contribution in [1.29, 1.82) is 0 Å². The van der Waals surface area contributed by atoms with Gasteiger partial charge in [-0.25, -0.2) is 17.9 Å². The van der Waals surface area contributed by atoms with Crippen molar-refractivity contribution in [2.45, 2.75) is 43.5 Å². The molecule has 1 aliphatic carbocycles. The van der Waals surface area contributed by atoms with E-state index in [1.165, 1.54) is 18.2 Å². The van der Waals surface area contributed by atoms with Crippen LogP contribution in [0.15, 0.2) is 47.4 Å². The Bertz CT molecular complexity index is 1070. The van der Waals surface area contributed by atoms with Gasteiger partial charge in [-0.3, -0.25) is 4.79 Å². The van der Waals surface area contributed by atoms with Gasteiger partial charge in [0.25, 0.3) is 5.91 Å². The largest absolute Gasteiger partial charge is 0.482 e. The Balaban J connectivity index is 1.55. The highest BCUT2D eigenvalue weighted by Gasteiger charge is 2.23. The summed E-state index contributed by atoms with van der Waals surface area (Å²) in [5, 5.41) is 2.73. The molecule has 2 aromatic carbocycles. The van der Waals surface area contributed by atoms with Crippen molar-refractivity contribution in [3.63, 3.8) is 0 Å². The summed E-state index contributed by atoms with van der Waals surface area (Å²) in [6.45, 7) is 1.67. The van der Waals surface area contributed by atoms with Crippen LogP contribution in [0.2, 0.25) is 5.02 Å². The second kappa shape index (κ2) is 10.8. The van der Waals surface area contributed by atoms with Crippen LogP contribution in [0.25, 0.3) is 0 Å². The zero-order valence-corrected chi connectivity index (χ0v) is 19.2. The smallest absolute Gasteiger partial charge is 0.338 e. The summed E-state index contributed by atoms with van der Waals surface area (Å²) < 4.78 is 38.1. The Kier molecular flexibility index (Phi) is 8.11. The molecule has 1 saturated carbocycles. The van der Waals surface area contributed by atoms with Gasteiger partial charge in [-0.1, -0.05) is 24.4 Å². The van der Waals surface area contributed by atoms with Crippen molar-refractivity contribution in [3.8, 4) is 5.75 Å². The Labute approximate surface area is 192 Å². The molecule has 1 fully saturated rings. The average molecular weight is 481 g/mol. The summed E-state index contributed by atoms with van der Waals surface area (Å²) in [5.74, 6) is -0.684. The van der Waals surface area contributed by atoms with Gasteiger partial charge in [0, 0.05) is 11.7 Å². The van der Waals surface area contributed by atoms with Crippen LogP contribution in [0.1, 0.15) is 43.0 Å². The number of sulfonamides is 1. The third kappa shape index (κ3) is 6.44. The van der Waals surface area contributed by atoms with Gasteiger partial charge in [0.15, 0.2) is 6.61 Å². The molecule has 0 aromatic heterocycles. The van der Waals surface area contributed by atoms with Gasteiger partial charge in [0.1, 0.15) is 5.75 Å². The fraction of sp³-hybridized carbons (Fsp3) is 0.364. The summed E-state index contributed by atoms with van der Waals surface area (Å²) in [5.41, 5.74) is 0.863. The second-order valence-electron chi connectivity index (χ2n) is 7.33. The third-order valence-corrected chi connectivity index (χ3v) is 6.74. The Morgan fingerprint density at radius 1 is 1.09 bits per heavy atom. The Hall–Kier alpha value is -2.62. The van der Waals surface area contributed by atoms with Gasteiger partial charge in [0.05, 0.1) is 22.1 Å². The van der Waals surface area contributed by atoms with E-state index in [-0.39, 0.29) is 34.9 Å². The lowest BCUT2D eigenvalue weighted by Crippen LogP contribution is -2.32. The molecule has 3 rings (SSSR count). The number of ether oxygens (including phenoxy) is 2. The SMILES string of the molecule is CCOC(=O)c1ccc(NC(=O)COc2ccc(S(=O)(=O)NC3CCCC3)cc2Cl)cc1.